The zero-order chi connectivity index (χ0) is 45.3. The highest BCUT2D eigenvalue weighted by Gasteiger charge is 2.51. The summed E-state index contributed by atoms with van der Waals surface area (Å²) in [6.45, 7) is 3.01. The fourth-order valence-electron chi connectivity index (χ4n) is 6.80. The van der Waals surface area contributed by atoms with Crippen LogP contribution in [0.2, 0.25) is 0 Å². The molecule has 1 saturated carbocycles. The zero-order valence-electron chi connectivity index (χ0n) is 36.9. The van der Waals surface area contributed by atoms with Crippen LogP contribution in [-0.4, -0.2) is 121 Å². The van der Waals surface area contributed by atoms with Gasteiger partial charge in [-0.1, -0.05) is 140 Å². The first-order chi connectivity index (χ1) is 29.2. The number of carbonyl (C=O) groups is 2. The maximum atomic E-state index is 12.8. The van der Waals surface area contributed by atoms with Crippen LogP contribution < -0.4 is 0 Å². The zero-order valence-corrected chi connectivity index (χ0v) is 37.8. The fraction of sp³-hybridized carbons (Fsp3) is 0.822. The highest BCUT2D eigenvalue weighted by Crippen LogP contribution is 2.47. The van der Waals surface area contributed by atoms with E-state index < -0.39 is 87.9 Å². The first-order valence-corrected chi connectivity index (χ1v) is 24.5. The second-order valence-corrected chi connectivity index (χ2v) is 17.6. The Hall–Kier alpha value is -2.01. The quantitative estimate of drug-likeness (QED) is 0.0142. The maximum absolute atomic E-state index is 12.8. The van der Waals surface area contributed by atoms with Gasteiger partial charge in [-0.15, -0.1) is 0 Å². The van der Waals surface area contributed by atoms with Crippen LogP contribution in [0.4, 0.5) is 0 Å². The van der Waals surface area contributed by atoms with Crippen molar-refractivity contribution < 1.29 is 73.3 Å². The number of esters is 2. The predicted octanol–water partition coefficient (Wildman–Crippen LogP) is 6.55. The van der Waals surface area contributed by atoms with Gasteiger partial charge >= 0.3 is 19.8 Å². The van der Waals surface area contributed by atoms with Gasteiger partial charge in [-0.25, -0.2) is 4.57 Å². The highest BCUT2D eigenvalue weighted by atomic mass is 31.2. The molecule has 1 aliphatic carbocycles. The van der Waals surface area contributed by atoms with Crippen molar-refractivity contribution in [2.24, 2.45) is 0 Å². The van der Waals surface area contributed by atoms with Gasteiger partial charge in [0.2, 0.25) is 0 Å². The van der Waals surface area contributed by atoms with Gasteiger partial charge in [0.1, 0.15) is 43.2 Å². The van der Waals surface area contributed by atoms with Gasteiger partial charge in [-0.2, -0.15) is 0 Å². The molecule has 16 heteroatoms. The Labute approximate surface area is 364 Å². The summed E-state index contributed by atoms with van der Waals surface area (Å²) in [5.41, 5.74) is 0. The van der Waals surface area contributed by atoms with Crippen LogP contribution in [0, 0.1) is 0 Å². The number of phosphoric acid groups is 1. The van der Waals surface area contributed by atoms with E-state index in [0.29, 0.717) is 12.8 Å². The molecular formula is C45H81O15P. The minimum atomic E-state index is -5.18. The van der Waals surface area contributed by atoms with Crippen LogP contribution in [0.3, 0.4) is 0 Å². The monoisotopic (exact) mass is 893 g/mol. The number of hydrogen-bond acceptors (Lipinski definition) is 14. The van der Waals surface area contributed by atoms with Crippen LogP contribution >= 0.6 is 7.82 Å². The van der Waals surface area contributed by atoms with Crippen LogP contribution in [0.1, 0.15) is 168 Å². The average molecular weight is 893 g/mol. The summed E-state index contributed by atoms with van der Waals surface area (Å²) in [7, 11) is -5.18. The summed E-state index contributed by atoms with van der Waals surface area (Å²) in [5.74, 6) is -1.38. The molecule has 1 rings (SSSR count). The van der Waals surface area contributed by atoms with Gasteiger partial charge in [-0.3, -0.25) is 18.6 Å². The number of unbranched alkanes of at least 4 members (excludes halogenated alkanes) is 15. The molecular weight excluding hydrogens is 811 g/mol. The van der Waals surface area contributed by atoms with E-state index in [1.807, 2.05) is 12.2 Å². The van der Waals surface area contributed by atoms with Crippen molar-refractivity contribution in [1.82, 2.24) is 0 Å². The normalized spacial score (nSPS) is 23.4. The number of aliphatic hydroxyl groups is 7. The molecule has 1 fully saturated rings. The molecule has 0 radical (unpaired) electrons. The van der Waals surface area contributed by atoms with Crippen molar-refractivity contribution >= 4 is 19.8 Å². The third kappa shape index (κ3) is 27.7. The van der Waals surface area contributed by atoms with E-state index in [9.17, 15) is 54.8 Å². The van der Waals surface area contributed by atoms with Gasteiger partial charge < -0.3 is 50.1 Å². The lowest BCUT2D eigenvalue weighted by Crippen LogP contribution is -2.64. The van der Waals surface area contributed by atoms with E-state index in [4.69, 9.17) is 18.5 Å². The molecule has 0 bridgehead atoms. The van der Waals surface area contributed by atoms with Crippen LogP contribution in [-0.2, 0) is 32.7 Å². The van der Waals surface area contributed by atoms with Crippen molar-refractivity contribution in [2.75, 3.05) is 13.2 Å². The molecule has 0 heterocycles. The molecule has 0 aliphatic heterocycles. The Morgan fingerprint density at radius 2 is 1.05 bits per heavy atom. The second kappa shape index (κ2) is 35.4. The summed E-state index contributed by atoms with van der Waals surface area (Å²) in [4.78, 5) is 35.7. The van der Waals surface area contributed by atoms with Gasteiger partial charge in [0.25, 0.3) is 0 Å². The molecule has 0 aromatic heterocycles. The van der Waals surface area contributed by atoms with E-state index in [1.165, 1.54) is 70.6 Å². The molecule has 0 aromatic carbocycles. The predicted molar refractivity (Wildman–Crippen MR) is 233 cm³/mol. The summed E-state index contributed by atoms with van der Waals surface area (Å²) >= 11 is 0. The Bertz CT molecular complexity index is 1250. The summed E-state index contributed by atoms with van der Waals surface area (Å²) in [5, 5.41) is 70.8. The Kier molecular flexibility index (Phi) is 33.0. The first-order valence-electron chi connectivity index (χ1n) is 23.0. The number of aliphatic hydroxyl groups excluding tert-OH is 7. The number of allylic oxidation sites excluding steroid dienone is 5. The largest absolute Gasteiger partial charge is 0.472 e. The molecule has 10 atom stereocenters. The lowest BCUT2D eigenvalue weighted by molar-refractivity contribution is -0.220. The Morgan fingerprint density at radius 1 is 0.574 bits per heavy atom. The summed E-state index contributed by atoms with van der Waals surface area (Å²) < 4.78 is 33.3. The number of hydrogen-bond donors (Lipinski definition) is 8. The molecule has 0 saturated heterocycles. The van der Waals surface area contributed by atoms with E-state index >= 15 is 0 Å². The molecule has 356 valence electrons. The van der Waals surface area contributed by atoms with E-state index in [-0.39, 0.29) is 32.1 Å². The minimum Gasteiger partial charge on any atom is -0.462 e. The topological polar surface area (TPSA) is 250 Å². The molecule has 61 heavy (non-hydrogen) atoms. The molecule has 8 N–H and O–H groups in total. The van der Waals surface area contributed by atoms with Crippen LogP contribution in [0.15, 0.2) is 36.5 Å². The smallest absolute Gasteiger partial charge is 0.462 e. The Balaban J connectivity index is 2.57. The lowest BCUT2D eigenvalue weighted by Gasteiger charge is -2.41. The molecule has 1 aliphatic rings. The maximum Gasteiger partial charge on any atom is 0.472 e. The van der Waals surface area contributed by atoms with Crippen molar-refractivity contribution in [3.63, 3.8) is 0 Å². The van der Waals surface area contributed by atoms with Crippen molar-refractivity contribution in [3.05, 3.63) is 36.5 Å². The lowest BCUT2D eigenvalue weighted by atomic mass is 9.85. The third-order valence-electron chi connectivity index (χ3n) is 10.7. The first kappa shape index (κ1) is 57.0. The molecule has 0 aromatic rings. The third-order valence-corrected chi connectivity index (χ3v) is 11.7. The van der Waals surface area contributed by atoms with Crippen molar-refractivity contribution in [3.8, 4) is 0 Å². The number of rotatable bonds is 37. The standard InChI is InChI=1S/C45H81O15P/c1-3-5-7-9-11-13-15-17-19-21-23-25-27-31-39(49)59-35(34-58-61(55,56)60-45-43(53)41(51)40(50)42(52)44(45)54)33-57-38(48)32-28-30-37(47)36(46)29-26-24-22-20-18-16-14-12-10-8-6-4-2/h12,14,18,20,24,26,35-37,40-47,50-54H,3-11,13,15-17,19,21-23,25,27-34H2,1-2H3,(H,55,56)/b14-12-,20-18-,26-24-/t35-,36?,37?,40?,41-,42+,43-,44-,45?/m1/s1. The van der Waals surface area contributed by atoms with Crippen LogP contribution in [0.5, 0.6) is 0 Å². The van der Waals surface area contributed by atoms with Crippen LogP contribution in [0.25, 0.3) is 0 Å². The molecule has 0 amide bonds. The van der Waals surface area contributed by atoms with Gasteiger partial charge in [0.05, 0.1) is 18.8 Å². The minimum absolute atomic E-state index is 0.0387. The molecule has 15 nitrogen and oxygen atoms in total. The Morgan fingerprint density at radius 3 is 1.62 bits per heavy atom. The van der Waals surface area contributed by atoms with E-state index in [1.54, 1.807) is 6.08 Å². The fourth-order valence-corrected chi connectivity index (χ4v) is 7.77. The van der Waals surface area contributed by atoms with E-state index in [2.05, 4.69) is 32.1 Å². The molecule has 5 unspecified atom stereocenters. The average Bonchev–Trinajstić information content (AvgIpc) is 3.23. The van der Waals surface area contributed by atoms with Gasteiger partial charge in [0, 0.05) is 12.8 Å². The second-order valence-electron chi connectivity index (χ2n) is 16.2. The summed E-state index contributed by atoms with van der Waals surface area (Å²) in [6, 6.07) is 0. The number of phosphoric ester groups is 1. The number of carbonyl (C=O) groups excluding carboxylic acids is 2. The highest BCUT2D eigenvalue weighted by molar-refractivity contribution is 7.47. The SMILES string of the molecule is CCCCC/C=C\C/C=C\C/C=C\CC(O)C(O)CCCC(=O)OC[C@H](COP(=O)(O)OC1[C@H](O)[C@H](O)C(O)[C@H](O)[C@H]1O)OC(=O)CCCCCCCCCCCCCCC. The summed E-state index contributed by atoms with van der Waals surface area (Å²) in [6.07, 6.45) is 17.8. The van der Waals surface area contributed by atoms with Crippen molar-refractivity contribution in [2.45, 2.75) is 223 Å². The van der Waals surface area contributed by atoms with Crippen molar-refractivity contribution in [1.29, 1.82) is 0 Å². The number of ether oxygens (including phenoxy) is 2. The van der Waals surface area contributed by atoms with Gasteiger partial charge in [-0.05, 0) is 51.4 Å². The molecule has 0 spiro atoms. The van der Waals surface area contributed by atoms with Gasteiger partial charge in [0.15, 0.2) is 6.10 Å². The van der Waals surface area contributed by atoms with E-state index in [0.717, 1.165) is 38.5 Å².